The van der Waals surface area contributed by atoms with Gasteiger partial charge in [0.15, 0.2) is 11.5 Å². The minimum atomic E-state index is -0.255. The Bertz CT molecular complexity index is 804. The van der Waals surface area contributed by atoms with Crippen molar-refractivity contribution in [3.05, 3.63) is 45.5 Å². The van der Waals surface area contributed by atoms with Crippen LogP contribution in [0, 0.1) is 9.49 Å². The Morgan fingerprint density at radius 3 is 1.92 bits per heavy atom. The van der Waals surface area contributed by atoms with Gasteiger partial charge in [-0.2, -0.15) is 0 Å². The number of nitrogens with one attached hydrogen (secondary N) is 2. The van der Waals surface area contributed by atoms with Crippen LogP contribution in [-0.4, -0.2) is 26.0 Å². The molecule has 0 heterocycles. The van der Waals surface area contributed by atoms with Crippen molar-refractivity contribution in [1.82, 2.24) is 0 Å². The van der Waals surface area contributed by atoms with Crippen molar-refractivity contribution in [2.75, 3.05) is 24.9 Å². The molecule has 138 valence electrons. The van der Waals surface area contributed by atoms with Crippen molar-refractivity contribution in [3.63, 3.8) is 0 Å². The third kappa shape index (κ3) is 4.87. The molecule has 2 N–H and O–H groups in total. The molecule has 0 saturated heterocycles. The van der Waals surface area contributed by atoms with E-state index in [1.54, 1.807) is 43.5 Å². The molecular weight excluding hydrogens is 447 g/mol. The zero-order valence-corrected chi connectivity index (χ0v) is 17.2. The van der Waals surface area contributed by atoms with Crippen molar-refractivity contribution >= 4 is 45.8 Å². The van der Waals surface area contributed by atoms with Crippen LogP contribution in [0.5, 0.6) is 11.5 Å². The Morgan fingerprint density at radius 2 is 1.42 bits per heavy atom. The number of anilines is 2. The van der Waals surface area contributed by atoms with E-state index in [1.165, 1.54) is 7.11 Å². The molecule has 0 saturated carbocycles. The Hall–Kier alpha value is -2.29. The Labute approximate surface area is 166 Å². The van der Waals surface area contributed by atoms with Gasteiger partial charge in [-0.15, -0.1) is 0 Å². The monoisotopic (exact) mass is 468 g/mol. The standard InChI is InChI=1S/C19H21IN2O4/c1-11(2)18(23)21-12-5-7-13(8-6-12)22-19(24)14-9-16(25-3)17(26-4)10-15(14)20/h5-11H,1-4H3,(H,21,23)(H,22,24). The number of hydrogen-bond donors (Lipinski definition) is 2. The van der Waals surface area contributed by atoms with Gasteiger partial charge in [0.05, 0.1) is 19.8 Å². The SMILES string of the molecule is COc1cc(I)c(C(=O)Nc2ccc(NC(=O)C(C)C)cc2)cc1OC. The normalized spacial score (nSPS) is 10.4. The summed E-state index contributed by atoms with van der Waals surface area (Å²) < 4.78 is 11.2. The number of amides is 2. The molecule has 0 radical (unpaired) electrons. The first-order chi connectivity index (χ1) is 12.3. The lowest BCUT2D eigenvalue weighted by atomic mass is 10.1. The van der Waals surface area contributed by atoms with Crippen LogP contribution in [0.4, 0.5) is 11.4 Å². The highest BCUT2D eigenvalue weighted by Crippen LogP contribution is 2.31. The maximum atomic E-state index is 12.6. The summed E-state index contributed by atoms with van der Waals surface area (Å²) >= 11 is 2.08. The summed E-state index contributed by atoms with van der Waals surface area (Å²) in [6.45, 7) is 3.66. The second-order valence-electron chi connectivity index (χ2n) is 5.86. The number of benzene rings is 2. The third-order valence-corrected chi connectivity index (χ3v) is 4.55. The fourth-order valence-corrected chi connectivity index (χ4v) is 2.83. The average molecular weight is 468 g/mol. The van der Waals surface area contributed by atoms with Gasteiger partial charge in [0.1, 0.15) is 0 Å². The van der Waals surface area contributed by atoms with Gasteiger partial charge < -0.3 is 20.1 Å². The summed E-state index contributed by atoms with van der Waals surface area (Å²) in [6.07, 6.45) is 0. The molecule has 2 aromatic carbocycles. The maximum absolute atomic E-state index is 12.6. The van der Waals surface area contributed by atoms with Gasteiger partial charge in [0, 0.05) is 20.9 Å². The fourth-order valence-electron chi connectivity index (χ4n) is 2.15. The predicted octanol–water partition coefficient (Wildman–Crippen LogP) is 4.16. The zero-order valence-electron chi connectivity index (χ0n) is 15.1. The number of carbonyl (C=O) groups excluding carboxylic acids is 2. The van der Waals surface area contributed by atoms with Gasteiger partial charge in [-0.25, -0.2) is 0 Å². The summed E-state index contributed by atoms with van der Waals surface area (Å²) in [5.74, 6) is 0.654. The second kappa shape index (κ2) is 8.88. The molecule has 0 unspecified atom stereocenters. The van der Waals surface area contributed by atoms with Crippen LogP contribution in [0.25, 0.3) is 0 Å². The van der Waals surface area contributed by atoms with Gasteiger partial charge in [-0.3, -0.25) is 9.59 Å². The number of ether oxygens (including phenoxy) is 2. The molecule has 2 aromatic rings. The second-order valence-corrected chi connectivity index (χ2v) is 7.02. The number of hydrogen-bond acceptors (Lipinski definition) is 4. The maximum Gasteiger partial charge on any atom is 0.256 e. The summed E-state index contributed by atoms with van der Waals surface area (Å²) in [7, 11) is 3.07. The summed E-state index contributed by atoms with van der Waals surface area (Å²) in [5.41, 5.74) is 1.80. The Kier molecular flexibility index (Phi) is 6.84. The van der Waals surface area contributed by atoms with Crippen LogP contribution >= 0.6 is 22.6 Å². The van der Waals surface area contributed by atoms with E-state index in [-0.39, 0.29) is 17.7 Å². The molecule has 26 heavy (non-hydrogen) atoms. The van der Waals surface area contributed by atoms with E-state index in [4.69, 9.17) is 9.47 Å². The number of carbonyl (C=O) groups is 2. The highest BCUT2D eigenvalue weighted by Gasteiger charge is 2.16. The van der Waals surface area contributed by atoms with Crippen LogP contribution in [0.3, 0.4) is 0 Å². The summed E-state index contributed by atoms with van der Waals surface area (Å²) in [4.78, 5) is 24.3. The molecule has 6 nitrogen and oxygen atoms in total. The Morgan fingerprint density at radius 1 is 0.923 bits per heavy atom. The van der Waals surface area contributed by atoms with Crippen molar-refractivity contribution in [2.45, 2.75) is 13.8 Å². The van der Waals surface area contributed by atoms with Gasteiger partial charge >= 0.3 is 0 Å². The van der Waals surface area contributed by atoms with Gasteiger partial charge in [0.2, 0.25) is 5.91 Å². The van der Waals surface area contributed by atoms with Crippen LogP contribution in [0.1, 0.15) is 24.2 Å². The largest absolute Gasteiger partial charge is 0.493 e. The topological polar surface area (TPSA) is 76.7 Å². The first-order valence-electron chi connectivity index (χ1n) is 7.99. The third-order valence-electron chi connectivity index (χ3n) is 3.65. The molecule has 2 amide bonds. The first-order valence-corrected chi connectivity index (χ1v) is 9.07. The zero-order chi connectivity index (χ0) is 19.3. The van der Waals surface area contributed by atoms with Crippen LogP contribution in [-0.2, 0) is 4.79 Å². The smallest absolute Gasteiger partial charge is 0.256 e. The first kappa shape index (κ1) is 20.0. The van der Waals surface area contributed by atoms with Crippen molar-refractivity contribution in [1.29, 1.82) is 0 Å². The number of rotatable bonds is 6. The average Bonchev–Trinajstić information content (AvgIpc) is 2.62. The van der Waals surface area contributed by atoms with E-state index in [0.29, 0.717) is 28.4 Å². The summed E-state index contributed by atoms with van der Waals surface area (Å²) in [5, 5.41) is 5.65. The fraction of sp³-hybridized carbons (Fsp3) is 0.263. The minimum absolute atomic E-state index is 0.0540. The Balaban J connectivity index is 2.14. The molecule has 2 rings (SSSR count). The van der Waals surface area contributed by atoms with E-state index in [0.717, 1.165) is 3.57 Å². The molecule has 0 spiro atoms. The molecule has 0 atom stereocenters. The van der Waals surface area contributed by atoms with Gasteiger partial charge in [-0.05, 0) is 59.0 Å². The lowest BCUT2D eigenvalue weighted by Crippen LogP contribution is -2.17. The van der Waals surface area contributed by atoms with Crippen LogP contribution in [0.2, 0.25) is 0 Å². The lowest BCUT2D eigenvalue weighted by molar-refractivity contribution is -0.118. The molecule has 7 heteroatoms. The van der Waals surface area contributed by atoms with Gasteiger partial charge in [0.25, 0.3) is 5.91 Å². The highest BCUT2D eigenvalue weighted by molar-refractivity contribution is 14.1. The molecule has 0 fully saturated rings. The van der Waals surface area contributed by atoms with Gasteiger partial charge in [-0.1, -0.05) is 13.8 Å². The van der Waals surface area contributed by atoms with Crippen molar-refractivity contribution < 1.29 is 19.1 Å². The highest BCUT2D eigenvalue weighted by atomic mass is 127. The van der Waals surface area contributed by atoms with E-state index < -0.39 is 0 Å². The molecule has 0 aromatic heterocycles. The van der Waals surface area contributed by atoms with E-state index >= 15 is 0 Å². The molecule has 0 aliphatic heterocycles. The molecule has 0 aliphatic carbocycles. The molecule has 0 bridgehead atoms. The molecular formula is C19H21IN2O4. The lowest BCUT2D eigenvalue weighted by Gasteiger charge is -2.13. The summed E-state index contributed by atoms with van der Waals surface area (Å²) in [6, 6.07) is 10.4. The van der Waals surface area contributed by atoms with Crippen LogP contribution in [0.15, 0.2) is 36.4 Å². The van der Waals surface area contributed by atoms with Crippen LogP contribution < -0.4 is 20.1 Å². The van der Waals surface area contributed by atoms with Crippen molar-refractivity contribution in [2.24, 2.45) is 5.92 Å². The number of methoxy groups -OCH3 is 2. The van der Waals surface area contributed by atoms with E-state index in [9.17, 15) is 9.59 Å². The number of halogens is 1. The predicted molar refractivity (Wildman–Crippen MR) is 110 cm³/mol. The quantitative estimate of drug-likeness (QED) is 0.625. The molecule has 0 aliphatic rings. The van der Waals surface area contributed by atoms with Crippen molar-refractivity contribution in [3.8, 4) is 11.5 Å². The minimum Gasteiger partial charge on any atom is -0.493 e. The van der Waals surface area contributed by atoms with E-state index in [2.05, 4.69) is 33.2 Å². The van der Waals surface area contributed by atoms with E-state index in [1.807, 2.05) is 13.8 Å².